The molecule has 0 bridgehead atoms. The summed E-state index contributed by atoms with van der Waals surface area (Å²) in [5.41, 5.74) is 7.05. The van der Waals surface area contributed by atoms with Gasteiger partial charge in [-0.15, -0.1) is 0 Å². The van der Waals surface area contributed by atoms with Crippen molar-refractivity contribution in [2.75, 3.05) is 11.4 Å². The summed E-state index contributed by atoms with van der Waals surface area (Å²) in [6.45, 7) is 0.0515. The predicted octanol–water partition coefficient (Wildman–Crippen LogP) is 4.24. The van der Waals surface area contributed by atoms with Crippen LogP contribution < -0.4 is 10.6 Å². The molecule has 2 atom stereocenters. The number of benzene rings is 1. The van der Waals surface area contributed by atoms with E-state index in [0.29, 0.717) is 11.1 Å². The molecule has 0 unspecified atom stereocenters. The third kappa shape index (κ3) is 3.47. The van der Waals surface area contributed by atoms with Gasteiger partial charge in [-0.3, -0.25) is 0 Å². The lowest BCUT2D eigenvalue weighted by molar-refractivity contribution is -0.160. The minimum atomic E-state index is -4.48. The van der Waals surface area contributed by atoms with Crippen LogP contribution in [0.25, 0.3) is 11.3 Å². The van der Waals surface area contributed by atoms with Crippen LogP contribution in [-0.2, 0) is 12.3 Å². The van der Waals surface area contributed by atoms with E-state index >= 15 is 0 Å². The molecule has 1 aliphatic heterocycles. The van der Waals surface area contributed by atoms with Crippen molar-refractivity contribution in [3.8, 4) is 17.3 Å². The molecule has 5 nitrogen and oxygen atoms in total. The smallest absolute Gasteiger partial charge is 0.329 e. The molecule has 2 N–H and O–H groups in total. The number of halogens is 5. The number of fused-ring (bicyclic) bond motifs is 1. The number of hydrogen-bond acceptors (Lipinski definition) is 5. The van der Waals surface area contributed by atoms with Crippen LogP contribution in [0.15, 0.2) is 24.3 Å². The van der Waals surface area contributed by atoms with Crippen LogP contribution in [0.1, 0.15) is 42.1 Å². The minimum absolute atomic E-state index is 0.0380. The fourth-order valence-electron chi connectivity index (χ4n) is 3.85. The highest BCUT2D eigenvalue weighted by Crippen LogP contribution is 2.45. The molecular formula is C20H18F5N5. The maximum absolute atomic E-state index is 14.4. The highest BCUT2D eigenvalue weighted by Gasteiger charge is 2.51. The van der Waals surface area contributed by atoms with Gasteiger partial charge in [0.25, 0.3) is 5.92 Å². The number of alkyl halides is 5. The molecule has 158 valence electrons. The summed E-state index contributed by atoms with van der Waals surface area (Å²) in [4.78, 5) is 9.06. The van der Waals surface area contributed by atoms with E-state index in [-0.39, 0.29) is 43.0 Å². The van der Waals surface area contributed by atoms with Gasteiger partial charge in [-0.05, 0) is 18.4 Å². The Morgan fingerprint density at radius 2 is 1.93 bits per heavy atom. The number of rotatable bonds is 4. The van der Waals surface area contributed by atoms with Crippen molar-refractivity contribution in [1.82, 2.24) is 9.97 Å². The van der Waals surface area contributed by atoms with E-state index in [4.69, 9.17) is 11.0 Å². The van der Waals surface area contributed by atoms with Gasteiger partial charge < -0.3 is 10.6 Å². The van der Waals surface area contributed by atoms with E-state index in [9.17, 15) is 22.0 Å². The van der Waals surface area contributed by atoms with Crippen LogP contribution in [0.2, 0.25) is 0 Å². The van der Waals surface area contributed by atoms with E-state index in [1.165, 1.54) is 0 Å². The van der Waals surface area contributed by atoms with Crippen molar-refractivity contribution in [1.29, 1.82) is 5.26 Å². The summed E-state index contributed by atoms with van der Waals surface area (Å²) in [7, 11) is 0. The number of nitrogens with zero attached hydrogens (tertiary/aromatic N) is 4. The lowest BCUT2D eigenvalue weighted by atomic mass is 9.99. The first-order valence-corrected chi connectivity index (χ1v) is 9.47. The van der Waals surface area contributed by atoms with Crippen LogP contribution in [0.5, 0.6) is 0 Å². The molecule has 1 fully saturated rings. The molecule has 0 spiro atoms. The van der Waals surface area contributed by atoms with Gasteiger partial charge in [-0.1, -0.05) is 24.3 Å². The maximum Gasteiger partial charge on any atom is 0.408 e. The molecule has 1 saturated heterocycles. The van der Waals surface area contributed by atoms with Crippen molar-refractivity contribution in [3.63, 3.8) is 0 Å². The molecule has 2 aliphatic rings. The second-order valence-corrected chi connectivity index (χ2v) is 7.53. The van der Waals surface area contributed by atoms with Crippen molar-refractivity contribution >= 4 is 5.95 Å². The molecule has 2 aromatic rings. The molecule has 0 saturated carbocycles. The molecule has 30 heavy (non-hydrogen) atoms. The van der Waals surface area contributed by atoms with Crippen LogP contribution in [0.3, 0.4) is 0 Å². The number of aromatic nitrogens is 2. The zero-order valence-electron chi connectivity index (χ0n) is 15.8. The summed E-state index contributed by atoms with van der Waals surface area (Å²) >= 11 is 0. The Kier molecular flexibility index (Phi) is 4.89. The number of anilines is 1. The van der Waals surface area contributed by atoms with Crippen LogP contribution in [0, 0.1) is 11.3 Å². The fourth-order valence-corrected chi connectivity index (χ4v) is 3.85. The fraction of sp³-hybridized carbons (Fsp3) is 0.450. The number of nitriles is 1. The zero-order chi connectivity index (χ0) is 21.7. The molecule has 0 amide bonds. The first kappa shape index (κ1) is 20.5. The third-order valence-electron chi connectivity index (χ3n) is 5.61. The molecule has 4 rings (SSSR count). The van der Waals surface area contributed by atoms with Crippen LogP contribution >= 0.6 is 0 Å². The van der Waals surface area contributed by atoms with Gasteiger partial charge >= 0.3 is 6.18 Å². The van der Waals surface area contributed by atoms with Crippen molar-refractivity contribution in [2.45, 2.75) is 49.9 Å². The Labute approximate surface area is 169 Å². The van der Waals surface area contributed by atoms with E-state index in [2.05, 4.69) is 9.97 Å². The lowest BCUT2D eigenvalue weighted by Gasteiger charge is -2.42. The average molecular weight is 423 g/mol. The van der Waals surface area contributed by atoms with E-state index in [1.807, 2.05) is 6.07 Å². The monoisotopic (exact) mass is 423 g/mol. The highest BCUT2D eigenvalue weighted by atomic mass is 19.4. The van der Waals surface area contributed by atoms with E-state index in [0.717, 1.165) is 4.90 Å². The Hall–Kier alpha value is -2.80. The Balaban J connectivity index is 1.77. The van der Waals surface area contributed by atoms with E-state index < -0.39 is 36.3 Å². The van der Waals surface area contributed by atoms with Gasteiger partial charge in [0.2, 0.25) is 5.95 Å². The van der Waals surface area contributed by atoms with Crippen LogP contribution in [-0.4, -0.2) is 28.7 Å². The van der Waals surface area contributed by atoms with Gasteiger partial charge in [0.15, 0.2) is 0 Å². The largest absolute Gasteiger partial charge is 0.408 e. The lowest BCUT2D eigenvalue weighted by Crippen LogP contribution is -2.56. The summed E-state index contributed by atoms with van der Waals surface area (Å²) < 4.78 is 68.4. The zero-order valence-corrected chi connectivity index (χ0v) is 15.8. The van der Waals surface area contributed by atoms with Crippen LogP contribution in [0.4, 0.5) is 27.9 Å². The van der Waals surface area contributed by atoms with Gasteiger partial charge in [0.05, 0.1) is 18.2 Å². The SMILES string of the molecule is N#CC[C@@H](N)c1ccc(-c2nc(N3CC[C@@H]3C(F)(F)F)nc3c2CCC3(F)F)cc1. The summed E-state index contributed by atoms with van der Waals surface area (Å²) in [5, 5.41) is 8.77. The second-order valence-electron chi connectivity index (χ2n) is 7.53. The van der Waals surface area contributed by atoms with Gasteiger partial charge in [-0.25, -0.2) is 9.97 Å². The Morgan fingerprint density at radius 3 is 2.50 bits per heavy atom. The Bertz CT molecular complexity index is 996. The van der Waals surface area contributed by atoms with Crippen molar-refractivity contribution in [2.24, 2.45) is 5.73 Å². The molecule has 2 heterocycles. The molecule has 10 heteroatoms. The molecule has 1 aromatic heterocycles. The second kappa shape index (κ2) is 7.16. The first-order valence-electron chi connectivity index (χ1n) is 9.47. The average Bonchev–Trinajstić information content (AvgIpc) is 2.94. The summed E-state index contributed by atoms with van der Waals surface area (Å²) in [6, 6.07) is 6.31. The van der Waals surface area contributed by atoms with Crippen molar-refractivity contribution < 1.29 is 22.0 Å². The van der Waals surface area contributed by atoms with Crippen molar-refractivity contribution in [3.05, 3.63) is 41.1 Å². The highest BCUT2D eigenvalue weighted by molar-refractivity contribution is 5.67. The number of hydrogen-bond donors (Lipinski definition) is 1. The summed E-state index contributed by atoms with van der Waals surface area (Å²) in [5.74, 6) is -3.54. The first-order chi connectivity index (χ1) is 14.1. The van der Waals surface area contributed by atoms with Gasteiger partial charge in [0.1, 0.15) is 11.7 Å². The standard InChI is InChI=1S/C20H18F5N5/c21-19(22)8-5-13-16(12-3-1-11(2-4-12)14(27)6-9-26)28-18(29-17(13)19)30-10-7-15(30)20(23,24)25/h1-4,14-15H,5-8,10,27H2/t14-,15-/m1/s1. The maximum atomic E-state index is 14.4. The normalized spacial score (nSPS) is 21.0. The quantitative estimate of drug-likeness (QED) is 0.745. The third-order valence-corrected chi connectivity index (χ3v) is 5.61. The topological polar surface area (TPSA) is 78.8 Å². The number of nitrogens with two attached hydrogens (primary N) is 1. The van der Waals surface area contributed by atoms with E-state index in [1.54, 1.807) is 24.3 Å². The molecular weight excluding hydrogens is 405 g/mol. The molecule has 1 aromatic carbocycles. The van der Waals surface area contributed by atoms with Gasteiger partial charge in [0, 0.05) is 30.1 Å². The minimum Gasteiger partial charge on any atom is -0.329 e. The molecule has 0 radical (unpaired) electrons. The van der Waals surface area contributed by atoms with Gasteiger partial charge in [-0.2, -0.15) is 27.2 Å². The summed E-state index contributed by atoms with van der Waals surface area (Å²) in [6.07, 6.45) is -4.91. The predicted molar refractivity (Wildman–Crippen MR) is 98.6 cm³/mol. The Morgan fingerprint density at radius 1 is 1.23 bits per heavy atom. The molecule has 1 aliphatic carbocycles.